The van der Waals surface area contributed by atoms with Gasteiger partial charge in [-0.25, -0.2) is 4.79 Å². The maximum absolute atomic E-state index is 12.6. The van der Waals surface area contributed by atoms with Crippen molar-refractivity contribution in [1.82, 2.24) is 4.90 Å². The van der Waals surface area contributed by atoms with Crippen molar-refractivity contribution in [3.63, 3.8) is 0 Å². The molecule has 0 aromatic heterocycles. The molecule has 0 spiro atoms. The number of nitrogens with zero attached hydrogens (tertiary/aromatic N) is 1. The Hall–Kier alpha value is -1.55. The summed E-state index contributed by atoms with van der Waals surface area (Å²) in [7, 11) is 0. The molecule has 1 aromatic carbocycles. The highest BCUT2D eigenvalue weighted by Gasteiger charge is 2.35. The Bertz CT molecular complexity index is 572. The van der Waals surface area contributed by atoms with E-state index in [1.165, 1.54) is 11.1 Å². The SMILES string of the molecule is CC(C)(C)OC(=O)N1CCC[C@H]1c1ccccc1C1CCOCC1. The van der Waals surface area contributed by atoms with E-state index in [2.05, 4.69) is 24.3 Å². The van der Waals surface area contributed by atoms with E-state index in [4.69, 9.17) is 9.47 Å². The lowest BCUT2D eigenvalue weighted by atomic mass is 9.85. The van der Waals surface area contributed by atoms with E-state index in [1.54, 1.807) is 0 Å². The number of amides is 1. The molecule has 132 valence electrons. The molecule has 1 aromatic rings. The summed E-state index contributed by atoms with van der Waals surface area (Å²) < 4.78 is 11.1. The standard InChI is InChI=1S/C20H29NO3/c1-20(2,3)24-19(22)21-12-6-9-18(21)17-8-5-4-7-16(17)15-10-13-23-14-11-15/h4-5,7-8,15,18H,6,9-14H2,1-3H3/t18-/m0/s1. The molecule has 2 aliphatic heterocycles. The predicted octanol–water partition coefficient (Wildman–Crippen LogP) is 4.65. The molecule has 1 atom stereocenters. The molecule has 0 aliphatic carbocycles. The van der Waals surface area contributed by atoms with E-state index in [9.17, 15) is 4.79 Å². The predicted molar refractivity (Wildman–Crippen MR) is 94.2 cm³/mol. The van der Waals surface area contributed by atoms with Gasteiger partial charge in [0.1, 0.15) is 5.60 Å². The lowest BCUT2D eigenvalue weighted by Crippen LogP contribution is -2.36. The number of carbonyl (C=O) groups is 1. The molecule has 0 unspecified atom stereocenters. The van der Waals surface area contributed by atoms with Crippen LogP contribution in [0.3, 0.4) is 0 Å². The third kappa shape index (κ3) is 3.92. The smallest absolute Gasteiger partial charge is 0.410 e. The zero-order valence-electron chi connectivity index (χ0n) is 15.1. The second-order valence-electron chi connectivity index (χ2n) is 7.85. The van der Waals surface area contributed by atoms with Gasteiger partial charge in [-0.15, -0.1) is 0 Å². The van der Waals surface area contributed by atoms with Crippen LogP contribution in [-0.4, -0.2) is 36.4 Å². The Morgan fingerprint density at radius 1 is 1.12 bits per heavy atom. The van der Waals surface area contributed by atoms with Crippen LogP contribution < -0.4 is 0 Å². The molecule has 2 saturated heterocycles. The number of hydrogen-bond donors (Lipinski definition) is 0. The summed E-state index contributed by atoms with van der Waals surface area (Å²) >= 11 is 0. The molecule has 0 radical (unpaired) electrons. The summed E-state index contributed by atoms with van der Waals surface area (Å²) in [4.78, 5) is 14.5. The fraction of sp³-hybridized carbons (Fsp3) is 0.650. The molecular weight excluding hydrogens is 302 g/mol. The number of hydrogen-bond acceptors (Lipinski definition) is 3. The molecule has 1 amide bonds. The van der Waals surface area contributed by atoms with Gasteiger partial charge < -0.3 is 14.4 Å². The first kappa shape index (κ1) is 17.3. The molecule has 0 N–H and O–H groups in total. The summed E-state index contributed by atoms with van der Waals surface area (Å²) in [5.74, 6) is 0.538. The maximum Gasteiger partial charge on any atom is 0.410 e. The Morgan fingerprint density at radius 2 is 1.79 bits per heavy atom. The van der Waals surface area contributed by atoms with Crippen molar-refractivity contribution < 1.29 is 14.3 Å². The van der Waals surface area contributed by atoms with Crippen LogP contribution in [-0.2, 0) is 9.47 Å². The van der Waals surface area contributed by atoms with E-state index >= 15 is 0 Å². The fourth-order valence-electron chi connectivity index (χ4n) is 3.82. The van der Waals surface area contributed by atoms with E-state index in [0.29, 0.717) is 5.92 Å². The van der Waals surface area contributed by atoms with Crippen molar-refractivity contribution in [2.45, 2.75) is 64.0 Å². The number of ether oxygens (including phenoxy) is 2. The van der Waals surface area contributed by atoms with Gasteiger partial charge in [0.25, 0.3) is 0 Å². The van der Waals surface area contributed by atoms with Gasteiger partial charge in [-0.05, 0) is 63.5 Å². The second kappa shape index (κ2) is 7.14. The van der Waals surface area contributed by atoms with Crippen LogP contribution in [0.25, 0.3) is 0 Å². The molecule has 2 heterocycles. The van der Waals surface area contributed by atoms with Crippen molar-refractivity contribution in [1.29, 1.82) is 0 Å². The fourth-order valence-corrected chi connectivity index (χ4v) is 3.82. The molecule has 2 fully saturated rings. The molecule has 0 bridgehead atoms. The number of carbonyl (C=O) groups excluding carboxylic acids is 1. The highest BCUT2D eigenvalue weighted by Crippen LogP contribution is 2.39. The first-order valence-electron chi connectivity index (χ1n) is 9.12. The van der Waals surface area contributed by atoms with Crippen molar-refractivity contribution in [2.24, 2.45) is 0 Å². The Kier molecular flexibility index (Phi) is 5.14. The third-order valence-electron chi connectivity index (χ3n) is 4.90. The maximum atomic E-state index is 12.6. The van der Waals surface area contributed by atoms with E-state index < -0.39 is 5.60 Å². The van der Waals surface area contributed by atoms with Crippen molar-refractivity contribution in [3.05, 3.63) is 35.4 Å². The van der Waals surface area contributed by atoms with Crippen LogP contribution in [0.2, 0.25) is 0 Å². The minimum atomic E-state index is -0.454. The number of rotatable bonds is 2. The molecule has 4 heteroatoms. The summed E-state index contributed by atoms with van der Waals surface area (Å²) in [6.07, 6.45) is 3.99. The number of benzene rings is 1. The average Bonchev–Trinajstić information content (AvgIpc) is 3.04. The molecule has 24 heavy (non-hydrogen) atoms. The van der Waals surface area contributed by atoms with Gasteiger partial charge >= 0.3 is 6.09 Å². The molecule has 2 aliphatic rings. The summed E-state index contributed by atoms with van der Waals surface area (Å²) in [5, 5.41) is 0. The van der Waals surface area contributed by atoms with Crippen molar-refractivity contribution in [2.75, 3.05) is 19.8 Å². The second-order valence-corrected chi connectivity index (χ2v) is 7.85. The zero-order valence-corrected chi connectivity index (χ0v) is 15.1. The number of likely N-dealkylation sites (tertiary alicyclic amines) is 1. The van der Waals surface area contributed by atoms with Crippen LogP contribution in [0.5, 0.6) is 0 Å². The topological polar surface area (TPSA) is 38.8 Å². The first-order valence-corrected chi connectivity index (χ1v) is 9.12. The van der Waals surface area contributed by atoms with Gasteiger partial charge in [-0.1, -0.05) is 24.3 Å². The normalized spacial score (nSPS) is 22.6. The lowest BCUT2D eigenvalue weighted by molar-refractivity contribution is 0.0222. The van der Waals surface area contributed by atoms with Crippen LogP contribution in [0, 0.1) is 0 Å². The largest absolute Gasteiger partial charge is 0.444 e. The van der Waals surface area contributed by atoms with E-state index in [0.717, 1.165) is 45.4 Å². The lowest BCUT2D eigenvalue weighted by Gasteiger charge is -2.32. The Morgan fingerprint density at radius 3 is 2.46 bits per heavy atom. The van der Waals surface area contributed by atoms with E-state index in [1.807, 2.05) is 25.7 Å². The average molecular weight is 331 g/mol. The molecule has 3 rings (SSSR count). The minimum Gasteiger partial charge on any atom is -0.444 e. The summed E-state index contributed by atoms with van der Waals surface area (Å²) in [5.41, 5.74) is 2.23. The van der Waals surface area contributed by atoms with Gasteiger partial charge in [-0.2, -0.15) is 0 Å². The highest BCUT2D eigenvalue weighted by atomic mass is 16.6. The van der Waals surface area contributed by atoms with Crippen LogP contribution in [0.1, 0.15) is 69.5 Å². The van der Waals surface area contributed by atoms with Crippen LogP contribution >= 0.6 is 0 Å². The Labute approximate surface area is 145 Å². The highest BCUT2D eigenvalue weighted by molar-refractivity contribution is 5.69. The van der Waals surface area contributed by atoms with E-state index in [-0.39, 0.29) is 12.1 Å². The first-order chi connectivity index (χ1) is 11.5. The Balaban J connectivity index is 1.83. The molecular formula is C20H29NO3. The van der Waals surface area contributed by atoms with Gasteiger partial charge in [-0.3, -0.25) is 0 Å². The minimum absolute atomic E-state index is 0.138. The van der Waals surface area contributed by atoms with Crippen molar-refractivity contribution in [3.8, 4) is 0 Å². The molecule has 0 saturated carbocycles. The third-order valence-corrected chi connectivity index (χ3v) is 4.90. The van der Waals surface area contributed by atoms with Gasteiger partial charge in [0.05, 0.1) is 6.04 Å². The van der Waals surface area contributed by atoms with Gasteiger partial charge in [0.2, 0.25) is 0 Å². The van der Waals surface area contributed by atoms with Gasteiger partial charge in [0, 0.05) is 19.8 Å². The van der Waals surface area contributed by atoms with Crippen molar-refractivity contribution >= 4 is 6.09 Å². The summed E-state index contributed by atoms with van der Waals surface area (Å²) in [6, 6.07) is 8.76. The molecule has 4 nitrogen and oxygen atoms in total. The van der Waals surface area contributed by atoms with Crippen LogP contribution in [0.4, 0.5) is 4.79 Å². The zero-order chi connectivity index (χ0) is 17.2. The quantitative estimate of drug-likeness (QED) is 0.791. The van der Waals surface area contributed by atoms with Gasteiger partial charge in [0.15, 0.2) is 0 Å². The monoisotopic (exact) mass is 331 g/mol. The van der Waals surface area contributed by atoms with Crippen LogP contribution in [0.15, 0.2) is 24.3 Å². The summed E-state index contributed by atoms with van der Waals surface area (Å²) in [6.45, 7) is 8.21.